The van der Waals surface area contributed by atoms with Crippen LogP contribution in [0, 0.1) is 6.92 Å². The number of aryl methyl sites for hydroxylation is 1. The van der Waals surface area contributed by atoms with Crippen LogP contribution in [0.2, 0.25) is 0 Å². The van der Waals surface area contributed by atoms with E-state index >= 15 is 0 Å². The fourth-order valence-electron chi connectivity index (χ4n) is 2.50. The van der Waals surface area contributed by atoms with Crippen LogP contribution in [0.15, 0.2) is 24.3 Å². The van der Waals surface area contributed by atoms with Gasteiger partial charge in [0.1, 0.15) is 5.69 Å². The number of amides is 1. The molecule has 0 spiro atoms. The van der Waals surface area contributed by atoms with Crippen LogP contribution >= 0.6 is 0 Å². The summed E-state index contributed by atoms with van der Waals surface area (Å²) in [7, 11) is 0. The number of benzene rings is 1. The average Bonchev–Trinajstić information content (AvgIpc) is 2.78. The van der Waals surface area contributed by atoms with Crippen molar-refractivity contribution in [2.45, 2.75) is 27.2 Å². The van der Waals surface area contributed by atoms with Crippen molar-refractivity contribution >= 4 is 23.1 Å². The van der Waals surface area contributed by atoms with E-state index in [2.05, 4.69) is 10.3 Å². The van der Waals surface area contributed by atoms with Crippen molar-refractivity contribution < 1.29 is 9.59 Å². The van der Waals surface area contributed by atoms with Gasteiger partial charge in [-0.25, -0.2) is 0 Å². The number of rotatable bonds is 4. The van der Waals surface area contributed by atoms with Gasteiger partial charge in [-0.05, 0) is 38.0 Å². The summed E-state index contributed by atoms with van der Waals surface area (Å²) in [5.41, 5.74) is 9.35. The summed E-state index contributed by atoms with van der Waals surface area (Å²) in [5.74, 6) is -0.334. The normalized spacial score (nSPS) is 10.4. The fourth-order valence-corrected chi connectivity index (χ4v) is 2.50. The van der Waals surface area contributed by atoms with Gasteiger partial charge in [-0.2, -0.15) is 0 Å². The Morgan fingerprint density at radius 2 is 1.95 bits per heavy atom. The molecule has 1 amide bonds. The van der Waals surface area contributed by atoms with Crippen molar-refractivity contribution in [1.29, 1.82) is 0 Å². The third-order valence-corrected chi connectivity index (χ3v) is 3.43. The molecule has 0 saturated heterocycles. The summed E-state index contributed by atoms with van der Waals surface area (Å²) in [6.07, 6.45) is 0.603. The van der Waals surface area contributed by atoms with E-state index in [1.54, 1.807) is 31.2 Å². The SMILES string of the molecule is CCc1c(C(=O)Nc2ccccc2N)[nH]c(C)c1C(C)=O. The molecule has 1 aromatic carbocycles. The molecule has 110 valence electrons. The minimum absolute atomic E-state index is 0.0427. The lowest BCUT2D eigenvalue weighted by Crippen LogP contribution is -2.15. The van der Waals surface area contributed by atoms with Gasteiger partial charge in [-0.1, -0.05) is 19.1 Å². The van der Waals surface area contributed by atoms with Crippen molar-refractivity contribution in [2.24, 2.45) is 0 Å². The molecule has 4 N–H and O–H groups in total. The number of carbonyl (C=O) groups is 2. The molecule has 0 aliphatic heterocycles. The molecule has 1 aromatic heterocycles. The Kier molecular flexibility index (Phi) is 4.12. The highest BCUT2D eigenvalue weighted by atomic mass is 16.2. The zero-order chi connectivity index (χ0) is 15.6. The van der Waals surface area contributed by atoms with E-state index in [1.807, 2.05) is 6.92 Å². The van der Waals surface area contributed by atoms with Gasteiger partial charge in [-0.3, -0.25) is 9.59 Å². The molecular formula is C16H19N3O2. The Morgan fingerprint density at radius 3 is 2.52 bits per heavy atom. The lowest BCUT2D eigenvalue weighted by Gasteiger charge is -2.08. The van der Waals surface area contributed by atoms with Crippen LogP contribution in [-0.4, -0.2) is 16.7 Å². The predicted molar refractivity (Wildman–Crippen MR) is 83.7 cm³/mol. The molecule has 5 nitrogen and oxygen atoms in total. The Hall–Kier alpha value is -2.56. The first kappa shape index (κ1) is 14.8. The molecule has 0 radical (unpaired) electrons. The number of H-pyrrole nitrogens is 1. The van der Waals surface area contributed by atoms with E-state index < -0.39 is 0 Å². The van der Waals surface area contributed by atoms with Gasteiger partial charge >= 0.3 is 0 Å². The maximum absolute atomic E-state index is 12.4. The Labute approximate surface area is 123 Å². The second-order valence-corrected chi connectivity index (χ2v) is 4.93. The van der Waals surface area contributed by atoms with Crippen molar-refractivity contribution in [3.8, 4) is 0 Å². The number of hydrogen-bond acceptors (Lipinski definition) is 3. The molecular weight excluding hydrogens is 266 g/mol. The number of nitrogen functional groups attached to an aromatic ring is 1. The largest absolute Gasteiger partial charge is 0.397 e. The molecule has 21 heavy (non-hydrogen) atoms. The van der Waals surface area contributed by atoms with Crippen LogP contribution in [0.3, 0.4) is 0 Å². The third kappa shape index (κ3) is 2.81. The summed E-state index contributed by atoms with van der Waals surface area (Å²) in [4.78, 5) is 27.2. The van der Waals surface area contributed by atoms with Crippen molar-refractivity contribution in [2.75, 3.05) is 11.1 Å². The highest BCUT2D eigenvalue weighted by Crippen LogP contribution is 2.23. The van der Waals surface area contributed by atoms with Crippen LogP contribution in [0.1, 0.15) is 46.0 Å². The summed E-state index contributed by atoms with van der Waals surface area (Å²) >= 11 is 0. The first-order chi connectivity index (χ1) is 9.95. The molecule has 5 heteroatoms. The molecule has 1 heterocycles. The van der Waals surface area contributed by atoms with E-state index in [0.29, 0.717) is 34.7 Å². The lowest BCUT2D eigenvalue weighted by atomic mass is 10.0. The number of anilines is 2. The van der Waals surface area contributed by atoms with Gasteiger partial charge in [0.2, 0.25) is 0 Å². The van der Waals surface area contributed by atoms with Crippen LogP contribution in [0.5, 0.6) is 0 Å². The first-order valence-electron chi connectivity index (χ1n) is 6.83. The third-order valence-electron chi connectivity index (χ3n) is 3.43. The Balaban J connectivity index is 2.38. The minimum Gasteiger partial charge on any atom is -0.397 e. The molecule has 0 aliphatic rings. The average molecular weight is 285 g/mol. The fraction of sp³-hybridized carbons (Fsp3) is 0.250. The van der Waals surface area contributed by atoms with Gasteiger partial charge in [0.15, 0.2) is 5.78 Å². The zero-order valence-corrected chi connectivity index (χ0v) is 12.4. The number of para-hydroxylation sites is 2. The van der Waals surface area contributed by atoms with Gasteiger partial charge in [0.25, 0.3) is 5.91 Å². The second-order valence-electron chi connectivity index (χ2n) is 4.93. The van der Waals surface area contributed by atoms with Gasteiger partial charge in [0.05, 0.1) is 11.4 Å². The van der Waals surface area contributed by atoms with Crippen molar-refractivity contribution in [3.63, 3.8) is 0 Å². The minimum atomic E-state index is -0.291. The van der Waals surface area contributed by atoms with Crippen LogP contribution in [0.25, 0.3) is 0 Å². The summed E-state index contributed by atoms with van der Waals surface area (Å²) in [6, 6.07) is 7.06. The first-order valence-corrected chi connectivity index (χ1v) is 6.83. The lowest BCUT2D eigenvalue weighted by molar-refractivity contribution is 0.101. The van der Waals surface area contributed by atoms with E-state index in [4.69, 9.17) is 5.73 Å². The van der Waals surface area contributed by atoms with Crippen molar-refractivity contribution in [1.82, 2.24) is 4.98 Å². The quantitative estimate of drug-likeness (QED) is 0.596. The maximum Gasteiger partial charge on any atom is 0.272 e. The summed E-state index contributed by atoms with van der Waals surface area (Å²) in [5, 5.41) is 2.77. The molecule has 0 atom stereocenters. The number of carbonyl (C=O) groups excluding carboxylic acids is 2. The highest BCUT2D eigenvalue weighted by molar-refractivity contribution is 6.08. The highest BCUT2D eigenvalue weighted by Gasteiger charge is 2.21. The molecule has 0 aliphatic carbocycles. The maximum atomic E-state index is 12.4. The van der Waals surface area contributed by atoms with Gasteiger partial charge in [-0.15, -0.1) is 0 Å². The molecule has 0 bridgehead atoms. The smallest absolute Gasteiger partial charge is 0.272 e. The van der Waals surface area contributed by atoms with E-state index in [0.717, 1.165) is 5.56 Å². The van der Waals surface area contributed by atoms with E-state index in [1.165, 1.54) is 6.92 Å². The summed E-state index contributed by atoms with van der Waals surface area (Å²) in [6.45, 7) is 5.22. The number of hydrogen-bond donors (Lipinski definition) is 3. The van der Waals surface area contributed by atoms with E-state index in [9.17, 15) is 9.59 Å². The van der Waals surface area contributed by atoms with E-state index in [-0.39, 0.29) is 11.7 Å². The number of Topliss-reactive ketones (excluding diaryl/α,β-unsaturated/α-hetero) is 1. The Bertz CT molecular complexity index is 702. The monoisotopic (exact) mass is 285 g/mol. The van der Waals surface area contributed by atoms with Gasteiger partial charge in [0, 0.05) is 11.3 Å². The predicted octanol–water partition coefficient (Wildman–Crippen LogP) is 2.92. The number of ketones is 1. The number of aromatic nitrogens is 1. The van der Waals surface area contributed by atoms with Crippen LogP contribution < -0.4 is 11.1 Å². The number of aromatic amines is 1. The van der Waals surface area contributed by atoms with Gasteiger partial charge < -0.3 is 16.0 Å². The summed E-state index contributed by atoms with van der Waals surface area (Å²) < 4.78 is 0. The molecule has 0 fully saturated rings. The zero-order valence-electron chi connectivity index (χ0n) is 12.4. The molecule has 2 rings (SSSR count). The molecule has 0 saturated carbocycles. The van der Waals surface area contributed by atoms with Crippen LogP contribution in [0.4, 0.5) is 11.4 Å². The number of nitrogens with two attached hydrogens (primary N) is 1. The number of nitrogens with one attached hydrogen (secondary N) is 2. The van der Waals surface area contributed by atoms with Crippen LogP contribution in [-0.2, 0) is 6.42 Å². The topological polar surface area (TPSA) is 88.0 Å². The second kappa shape index (κ2) is 5.83. The standard InChI is InChI=1S/C16H19N3O2/c1-4-11-14(10(3)20)9(2)18-15(11)16(21)19-13-8-6-5-7-12(13)17/h5-8,18H,4,17H2,1-3H3,(H,19,21). The molecule has 0 unspecified atom stereocenters. The Morgan fingerprint density at radius 1 is 1.29 bits per heavy atom. The molecule has 2 aromatic rings. The van der Waals surface area contributed by atoms with Crippen molar-refractivity contribution in [3.05, 3.63) is 46.8 Å².